The van der Waals surface area contributed by atoms with E-state index >= 15 is 0 Å². The van der Waals surface area contributed by atoms with Crippen LogP contribution in [0.15, 0.2) is 18.2 Å². The second kappa shape index (κ2) is 5.38. The number of hydrogen-bond donors (Lipinski definition) is 1. The van der Waals surface area contributed by atoms with Crippen LogP contribution in [-0.4, -0.2) is 26.6 Å². The zero-order valence-electron chi connectivity index (χ0n) is 10.5. The van der Waals surface area contributed by atoms with Crippen molar-refractivity contribution in [3.63, 3.8) is 0 Å². The molecule has 0 saturated carbocycles. The lowest BCUT2D eigenvalue weighted by molar-refractivity contribution is -0.115. The molecule has 1 aliphatic heterocycles. The van der Waals surface area contributed by atoms with Crippen molar-refractivity contribution in [3.05, 3.63) is 23.2 Å². The van der Waals surface area contributed by atoms with Crippen LogP contribution in [-0.2, 0) is 14.8 Å². The Kier molecular flexibility index (Phi) is 4.01. The number of hydrogen-bond acceptors (Lipinski definition) is 3. The van der Waals surface area contributed by atoms with Crippen molar-refractivity contribution in [1.29, 1.82) is 0 Å². The highest BCUT2D eigenvalue weighted by atomic mass is 35.5. The SMILES string of the molecule is CCC(=O)Nc1ccc(Cl)c(N2CCCS2(=O)=O)c1. The van der Waals surface area contributed by atoms with Crippen LogP contribution >= 0.6 is 11.6 Å². The largest absolute Gasteiger partial charge is 0.326 e. The lowest BCUT2D eigenvalue weighted by atomic mass is 10.2. The molecule has 104 valence electrons. The van der Waals surface area contributed by atoms with Crippen molar-refractivity contribution < 1.29 is 13.2 Å². The molecule has 19 heavy (non-hydrogen) atoms. The lowest BCUT2D eigenvalue weighted by Gasteiger charge is -2.19. The Morgan fingerprint density at radius 3 is 2.79 bits per heavy atom. The van der Waals surface area contributed by atoms with Gasteiger partial charge >= 0.3 is 0 Å². The van der Waals surface area contributed by atoms with Gasteiger partial charge in [-0.25, -0.2) is 8.42 Å². The fraction of sp³-hybridized carbons (Fsp3) is 0.417. The molecule has 1 saturated heterocycles. The van der Waals surface area contributed by atoms with Crippen molar-refractivity contribution in [2.75, 3.05) is 21.9 Å². The first-order valence-electron chi connectivity index (χ1n) is 6.04. The zero-order chi connectivity index (χ0) is 14.0. The number of halogens is 1. The number of carbonyl (C=O) groups excluding carboxylic acids is 1. The van der Waals surface area contributed by atoms with E-state index in [1.807, 2.05) is 0 Å². The van der Waals surface area contributed by atoms with Crippen molar-refractivity contribution in [2.45, 2.75) is 19.8 Å². The normalized spacial score (nSPS) is 17.5. The van der Waals surface area contributed by atoms with E-state index in [9.17, 15) is 13.2 Å². The summed E-state index contributed by atoms with van der Waals surface area (Å²) in [6.07, 6.45) is 0.949. The summed E-state index contributed by atoms with van der Waals surface area (Å²) in [4.78, 5) is 11.4. The average Bonchev–Trinajstić information content (AvgIpc) is 2.71. The van der Waals surface area contributed by atoms with E-state index in [4.69, 9.17) is 11.6 Å². The number of rotatable bonds is 3. The maximum absolute atomic E-state index is 11.9. The maximum Gasteiger partial charge on any atom is 0.235 e. The number of carbonyl (C=O) groups is 1. The highest BCUT2D eigenvalue weighted by Gasteiger charge is 2.30. The highest BCUT2D eigenvalue weighted by Crippen LogP contribution is 2.33. The van der Waals surface area contributed by atoms with E-state index in [1.165, 1.54) is 4.31 Å². The van der Waals surface area contributed by atoms with Crippen LogP contribution in [0.3, 0.4) is 0 Å². The molecule has 0 bridgehead atoms. The number of anilines is 2. The smallest absolute Gasteiger partial charge is 0.235 e. The first kappa shape index (κ1) is 14.1. The number of benzene rings is 1. The van der Waals surface area contributed by atoms with Gasteiger partial charge in [0, 0.05) is 18.7 Å². The van der Waals surface area contributed by atoms with E-state index < -0.39 is 10.0 Å². The molecule has 1 aliphatic rings. The van der Waals surface area contributed by atoms with Crippen LogP contribution in [0.1, 0.15) is 19.8 Å². The monoisotopic (exact) mass is 302 g/mol. The minimum absolute atomic E-state index is 0.127. The molecule has 0 atom stereocenters. The Hall–Kier alpha value is -1.27. The average molecular weight is 303 g/mol. The first-order chi connectivity index (χ1) is 8.94. The fourth-order valence-corrected chi connectivity index (χ4v) is 3.78. The quantitative estimate of drug-likeness (QED) is 0.931. The third kappa shape index (κ3) is 3.01. The molecule has 1 N–H and O–H groups in total. The molecule has 0 aliphatic carbocycles. The molecule has 0 unspecified atom stereocenters. The molecule has 0 spiro atoms. The Bertz CT molecular complexity index is 601. The Balaban J connectivity index is 2.35. The van der Waals surface area contributed by atoms with Crippen molar-refractivity contribution in [3.8, 4) is 0 Å². The van der Waals surface area contributed by atoms with E-state index in [-0.39, 0.29) is 11.7 Å². The second-order valence-corrected chi connectivity index (χ2v) is 6.73. The molecule has 1 fully saturated rings. The second-order valence-electron chi connectivity index (χ2n) is 4.31. The maximum atomic E-state index is 11.9. The van der Waals surface area contributed by atoms with E-state index in [0.717, 1.165) is 0 Å². The molecule has 7 heteroatoms. The topological polar surface area (TPSA) is 66.5 Å². The summed E-state index contributed by atoms with van der Waals surface area (Å²) in [7, 11) is -3.28. The van der Waals surface area contributed by atoms with Crippen molar-refractivity contribution in [2.24, 2.45) is 0 Å². The molecule has 1 heterocycles. The Morgan fingerprint density at radius 2 is 2.21 bits per heavy atom. The molecule has 1 amide bonds. The van der Waals surface area contributed by atoms with Gasteiger partial charge in [0.1, 0.15) is 0 Å². The highest BCUT2D eigenvalue weighted by molar-refractivity contribution is 7.93. The van der Waals surface area contributed by atoms with Gasteiger partial charge in [-0.3, -0.25) is 9.10 Å². The third-order valence-electron chi connectivity index (χ3n) is 2.92. The summed E-state index contributed by atoms with van der Waals surface area (Å²) in [5, 5.41) is 3.05. The predicted molar refractivity (Wildman–Crippen MR) is 76.1 cm³/mol. The molecular weight excluding hydrogens is 288 g/mol. The van der Waals surface area contributed by atoms with Gasteiger partial charge in [-0.2, -0.15) is 0 Å². The molecule has 0 radical (unpaired) electrons. The van der Waals surface area contributed by atoms with Crippen LogP contribution in [0.25, 0.3) is 0 Å². The van der Waals surface area contributed by atoms with Gasteiger partial charge in [0.05, 0.1) is 16.5 Å². The van der Waals surface area contributed by atoms with Gasteiger partial charge < -0.3 is 5.32 Å². The van der Waals surface area contributed by atoms with Gasteiger partial charge in [0.25, 0.3) is 0 Å². The van der Waals surface area contributed by atoms with E-state index in [2.05, 4.69) is 5.32 Å². The lowest BCUT2D eigenvalue weighted by Crippen LogP contribution is -2.25. The van der Waals surface area contributed by atoms with Crippen molar-refractivity contribution in [1.82, 2.24) is 0 Å². The molecule has 1 aromatic carbocycles. The molecule has 0 aromatic heterocycles. The van der Waals surface area contributed by atoms with Gasteiger partial charge in [0.2, 0.25) is 15.9 Å². The van der Waals surface area contributed by atoms with Crippen LogP contribution in [0.4, 0.5) is 11.4 Å². The van der Waals surface area contributed by atoms with Gasteiger partial charge in [-0.1, -0.05) is 18.5 Å². The minimum Gasteiger partial charge on any atom is -0.326 e. The Labute approximate surface area is 117 Å². The molecule has 5 nitrogen and oxygen atoms in total. The first-order valence-corrected chi connectivity index (χ1v) is 8.02. The summed E-state index contributed by atoms with van der Waals surface area (Å²) in [6.45, 7) is 2.17. The summed E-state index contributed by atoms with van der Waals surface area (Å²) in [5.41, 5.74) is 0.974. The van der Waals surface area contributed by atoms with Crippen LogP contribution in [0, 0.1) is 0 Å². The van der Waals surface area contributed by atoms with Crippen LogP contribution < -0.4 is 9.62 Å². The number of sulfonamides is 1. The Morgan fingerprint density at radius 1 is 1.47 bits per heavy atom. The molecule has 2 rings (SSSR count). The summed E-state index contributed by atoms with van der Waals surface area (Å²) in [6, 6.07) is 4.84. The number of amides is 1. The fourth-order valence-electron chi connectivity index (χ4n) is 1.94. The van der Waals surface area contributed by atoms with Crippen molar-refractivity contribution >= 4 is 38.9 Å². The molecular formula is C12H15ClN2O3S. The van der Waals surface area contributed by atoms with E-state index in [1.54, 1.807) is 25.1 Å². The number of nitrogens with one attached hydrogen (secondary N) is 1. The third-order valence-corrected chi connectivity index (χ3v) is 5.09. The van der Waals surface area contributed by atoms with Gasteiger partial charge in [-0.15, -0.1) is 0 Å². The van der Waals surface area contributed by atoms with Gasteiger partial charge in [-0.05, 0) is 24.6 Å². The standard InChI is InChI=1S/C12H15ClN2O3S/c1-2-12(16)14-9-4-5-10(13)11(8-9)15-6-3-7-19(15,17)18/h4-5,8H,2-3,6-7H2,1H3,(H,14,16). The van der Waals surface area contributed by atoms with E-state index in [0.29, 0.717) is 35.8 Å². The minimum atomic E-state index is -3.28. The summed E-state index contributed by atoms with van der Waals surface area (Å²) >= 11 is 6.06. The number of nitrogens with zero attached hydrogens (tertiary/aromatic N) is 1. The molecule has 1 aromatic rings. The van der Waals surface area contributed by atoms with Gasteiger partial charge in [0.15, 0.2) is 0 Å². The summed E-state index contributed by atoms with van der Waals surface area (Å²) in [5.74, 6) is 0.00654. The van der Waals surface area contributed by atoms with Crippen LogP contribution in [0.2, 0.25) is 5.02 Å². The predicted octanol–water partition coefficient (Wildman–Crippen LogP) is 2.23. The zero-order valence-corrected chi connectivity index (χ0v) is 12.1. The summed E-state index contributed by atoms with van der Waals surface area (Å²) < 4.78 is 25.1. The van der Waals surface area contributed by atoms with Crippen LogP contribution in [0.5, 0.6) is 0 Å².